The van der Waals surface area contributed by atoms with Crippen LogP contribution in [-0.4, -0.2) is 23.8 Å². The van der Waals surface area contributed by atoms with E-state index in [1.165, 1.54) is 12.8 Å². The number of rotatable bonds is 4. The summed E-state index contributed by atoms with van der Waals surface area (Å²) in [7, 11) is 0. The maximum absolute atomic E-state index is 9.65. The first-order valence-corrected chi connectivity index (χ1v) is 6.36. The first-order chi connectivity index (χ1) is 7.00. The fraction of sp³-hybridized carbons (Fsp3) is 1.00. The predicted molar refractivity (Wildman–Crippen MR) is 64.8 cm³/mol. The Hall–Kier alpha value is -0.0800. The van der Waals surface area contributed by atoms with E-state index in [1.807, 2.05) is 0 Å². The molecule has 2 nitrogen and oxygen atoms in total. The molecule has 0 amide bonds. The van der Waals surface area contributed by atoms with Gasteiger partial charge in [-0.05, 0) is 43.6 Å². The molecule has 1 aliphatic carbocycles. The van der Waals surface area contributed by atoms with Gasteiger partial charge in [0.2, 0.25) is 0 Å². The second-order valence-electron chi connectivity index (χ2n) is 5.87. The van der Waals surface area contributed by atoms with Crippen LogP contribution in [0.5, 0.6) is 0 Å². The van der Waals surface area contributed by atoms with Gasteiger partial charge in [-0.15, -0.1) is 0 Å². The smallest absolute Gasteiger partial charge is 0.0615 e. The minimum atomic E-state index is -0.00319. The molecule has 0 heterocycles. The lowest BCUT2D eigenvalue weighted by Gasteiger charge is -2.44. The van der Waals surface area contributed by atoms with Gasteiger partial charge >= 0.3 is 0 Å². The number of aliphatic hydroxyl groups is 1. The van der Waals surface area contributed by atoms with E-state index in [0.29, 0.717) is 11.8 Å². The Morgan fingerprint density at radius 3 is 2.53 bits per heavy atom. The summed E-state index contributed by atoms with van der Waals surface area (Å²) in [5, 5.41) is 13.3. The molecule has 1 aliphatic rings. The first-order valence-electron chi connectivity index (χ1n) is 6.36. The molecule has 1 saturated carbocycles. The predicted octanol–water partition coefficient (Wildman–Crippen LogP) is 2.42. The van der Waals surface area contributed by atoms with Crippen LogP contribution in [0.15, 0.2) is 0 Å². The van der Waals surface area contributed by atoms with Gasteiger partial charge in [0, 0.05) is 5.54 Å². The molecule has 0 aromatic heterocycles. The lowest BCUT2D eigenvalue weighted by molar-refractivity contribution is 0.0552. The molecule has 3 atom stereocenters. The second-order valence-corrected chi connectivity index (χ2v) is 5.87. The standard InChI is InChI=1S/C13H27NO/c1-10(2)8-14-13(9-15)6-5-11(3)7-12(13)4/h10-12,14-15H,5-9H2,1-4H3. The molecule has 1 rings (SSSR count). The Labute approximate surface area is 94.5 Å². The SMILES string of the molecule is CC(C)CNC1(CO)CCC(C)CC1C. The number of aliphatic hydroxyl groups excluding tert-OH is 1. The Morgan fingerprint density at radius 1 is 1.40 bits per heavy atom. The van der Waals surface area contributed by atoms with Crippen LogP contribution in [0.2, 0.25) is 0 Å². The van der Waals surface area contributed by atoms with E-state index in [4.69, 9.17) is 0 Å². The van der Waals surface area contributed by atoms with E-state index in [0.717, 1.165) is 18.9 Å². The minimum absolute atomic E-state index is 0.00319. The molecule has 3 unspecified atom stereocenters. The van der Waals surface area contributed by atoms with Crippen LogP contribution in [0.1, 0.15) is 47.0 Å². The van der Waals surface area contributed by atoms with Gasteiger partial charge in [-0.1, -0.05) is 27.7 Å². The zero-order valence-electron chi connectivity index (χ0n) is 10.7. The van der Waals surface area contributed by atoms with Crippen LogP contribution in [0.3, 0.4) is 0 Å². The third-order valence-corrected chi connectivity index (χ3v) is 3.93. The summed E-state index contributed by atoms with van der Waals surface area (Å²) in [6.07, 6.45) is 3.61. The molecular formula is C13H27NO. The minimum Gasteiger partial charge on any atom is -0.394 e. The van der Waals surface area contributed by atoms with E-state index in [-0.39, 0.29) is 12.1 Å². The Balaban J connectivity index is 2.58. The maximum atomic E-state index is 9.65. The van der Waals surface area contributed by atoms with E-state index >= 15 is 0 Å². The van der Waals surface area contributed by atoms with Crippen molar-refractivity contribution in [3.05, 3.63) is 0 Å². The van der Waals surface area contributed by atoms with E-state index in [9.17, 15) is 5.11 Å². The number of hydrogen-bond donors (Lipinski definition) is 2. The third-order valence-electron chi connectivity index (χ3n) is 3.93. The number of hydrogen-bond acceptors (Lipinski definition) is 2. The molecule has 90 valence electrons. The van der Waals surface area contributed by atoms with Crippen LogP contribution in [0.25, 0.3) is 0 Å². The Kier molecular flexibility index (Phi) is 4.60. The van der Waals surface area contributed by atoms with E-state index < -0.39 is 0 Å². The fourth-order valence-corrected chi connectivity index (χ4v) is 2.66. The highest BCUT2D eigenvalue weighted by Crippen LogP contribution is 2.36. The highest BCUT2D eigenvalue weighted by atomic mass is 16.3. The molecule has 0 aromatic carbocycles. The van der Waals surface area contributed by atoms with Crippen molar-refractivity contribution in [2.45, 2.75) is 52.5 Å². The molecule has 2 N–H and O–H groups in total. The number of nitrogens with one attached hydrogen (secondary N) is 1. The van der Waals surface area contributed by atoms with Crippen molar-refractivity contribution in [3.63, 3.8) is 0 Å². The van der Waals surface area contributed by atoms with Crippen molar-refractivity contribution in [2.24, 2.45) is 17.8 Å². The zero-order chi connectivity index (χ0) is 11.5. The molecule has 15 heavy (non-hydrogen) atoms. The molecule has 2 heteroatoms. The highest BCUT2D eigenvalue weighted by molar-refractivity contribution is 4.96. The summed E-state index contributed by atoms with van der Waals surface area (Å²) in [4.78, 5) is 0. The van der Waals surface area contributed by atoms with Crippen molar-refractivity contribution in [1.29, 1.82) is 0 Å². The van der Waals surface area contributed by atoms with Crippen LogP contribution in [-0.2, 0) is 0 Å². The van der Waals surface area contributed by atoms with Gasteiger partial charge < -0.3 is 10.4 Å². The molecule has 0 radical (unpaired) electrons. The third kappa shape index (κ3) is 3.18. The lowest BCUT2D eigenvalue weighted by Crippen LogP contribution is -2.56. The van der Waals surface area contributed by atoms with Gasteiger partial charge in [-0.3, -0.25) is 0 Å². The molecule has 0 bridgehead atoms. The summed E-state index contributed by atoms with van der Waals surface area (Å²) in [6.45, 7) is 10.3. The highest BCUT2D eigenvalue weighted by Gasteiger charge is 2.39. The maximum Gasteiger partial charge on any atom is 0.0615 e. The largest absolute Gasteiger partial charge is 0.394 e. The quantitative estimate of drug-likeness (QED) is 0.751. The molecule has 0 aliphatic heterocycles. The zero-order valence-corrected chi connectivity index (χ0v) is 10.7. The lowest BCUT2D eigenvalue weighted by atomic mass is 9.70. The summed E-state index contributed by atoms with van der Waals surface area (Å²) in [5.41, 5.74) is -0.00319. The fourth-order valence-electron chi connectivity index (χ4n) is 2.66. The van der Waals surface area contributed by atoms with Gasteiger partial charge in [-0.2, -0.15) is 0 Å². The molecule has 1 fully saturated rings. The van der Waals surface area contributed by atoms with E-state index in [2.05, 4.69) is 33.0 Å². The Morgan fingerprint density at radius 2 is 2.07 bits per heavy atom. The van der Waals surface area contributed by atoms with Crippen molar-refractivity contribution < 1.29 is 5.11 Å². The van der Waals surface area contributed by atoms with Gasteiger partial charge in [0.1, 0.15) is 0 Å². The molecule has 0 spiro atoms. The van der Waals surface area contributed by atoms with Crippen molar-refractivity contribution in [1.82, 2.24) is 5.32 Å². The van der Waals surface area contributed by atoms with Gasteiger partial charge in [0.15, 0.2) is 0 Å². The average Bonchev–Trinajstić information content (AvgIpc) is 2.17. The summed E-state index contributed by atoms with van der Waals surface area (Å²) < 4.78 is 0. The van der Waals surface area contributed by atoms with E-state index in [1.54, 1.807) is 0 Å². The summed E-state index contributed by atoms with van der Waals surface area (Å²) in [5.74, 6) is 2.06. The molecular weight excluding hydrogens is 186 g/mol. The van der Waals surface area contributed by atoms with Crippen molar-refractivity contribution >= 4 is 0 Å². The summed E-state index contributed by atoms with van der Waals surface area (Å²) in [6, 6.07) is 0. The first kappa shape index (κ1) is 13.0. The van der Waals surface area contributed by atoms with Gasteiger partial charge in [0.25, 0.3) is 0 Å². The van der Waals surface area contributed by atoms with Gasteiger partial charge in [-0.25, -0.2) is 0 Å². The van der Waals surface area contributed by atoms with Crippen LogP contribution < -0.4 is 5.32 Å². The average molecular weight is 213 g/mol. The molecule has 0 saturated heterocycles. The van der Waals surface area contributed by atoms with Crippen molar-refractivity contribution in [2.75, 3.05) is 13.2 Å². The monoisotopic (exact) mass is 213 g/mol. The second kappa shape index (κ2) is 5.31. The molecule has 0 aromatic rings. The van der Waals surface area contributed by atoms with Crippen LogP contribution >= 0.6 is 0 Å². The normalized spacial score (nSPS) is 37.2. The van der Waals surface area contributed by atoms with Gasteiger partial charge in [0.05, 0.1) is 6.61 Å². The van der Waals surface area contributed by atoms with Crippen LogP contribution in [0, 0.1) is 17.8 Å². The topological polar surface area (TPSA) is 32.3 Å². The van der Waals surface area contributed by atoms with Crippen molar-refractivity contribution in [3.8, 4) is 0 Å². The summed E-state index contributed by atoms with van der Waals surface area (Å²) >= 11 is 0. The van der Waals surface area contributed by atoms with Crippen LogP contribution in [0.4, 0.5) is 0 Å². The Bertz CT molecular complexity index is 193.